The van der Waals surface area contributed by atoms with Gasteiger partial charge in [-0.15, -0.1) is 0 Å². The third kappa shape index (κ3) is 2.65. The zero-order valence-electron chi connectivity index (χ0n) is 9.90. The second-order valence-corrected chi connectivity index (χ2v) is 4.68. The van der Waals surface area contributed by atoms with Gasteiger partial charge in [-0.1, -0.05) is 6.07 Å². The molecule has 0 aliphatic carbocycles. The van der Waals surface area contributed by atoms with Gasteiger partial charge in [0.25, 0.3) is 5.91 Å². The highest BCUT2D eigenvalue weighted by molar-refractivity contribution is 9.10. The van der Waals surface area contributed by atoms with E-state index in [4.69, 9.17) is 5.11 Å². The second kappa shape index (κ2) is 5.23. The van der Waals surface area contributed by atoms with E-state index in [-0.39, 0.29) is 11.3 Å². The predicted molar refractivity (Wildman–Crippen MR) is 72.4 cm³/mol. The molecular formula is C12H10BrN3O3. The molecule has 1 heterocycles. The molecule has 2 rings (SSSR count). The quantitative estimate of drug-likeness (QED) is 0.808. The first-order valence-electron chi connectivity index (χ1n) is 5.34. The maximum absolute atomic E-state index is 12.0. The van der Waals surface area contributed by atoms with E-state index >= 15 is 0 Å². The molecule has 0 aliphatic rings. The zero-order chi connectivity index (χ0) is 14.0. The highest BCUT2D eigenvalue weighted by atomic mass is 79.9. The van der Waals surface area contributed by atoms with Crippen molar-refractivity contribution in [3.8, 4) is 0 Å². The van der Waals surface area contributed by atoms with Gasteiger partial charge in [0.05, 0.1) is 23.0 Å². The summed E-state index contributed by atoms with van der Waals surface area (Å²) >= 11 is 3.22. The fourth-order valence-corrected chi connectivity index (χ4v) is 2.06. The van der Waals surface area contributed by atoms with E-state index in [1.165, 1.54) is 12.3 Å². The van der Waals surface area contributed by atoms with Gasteiger partial charge in [-0.2, -0.15) is 5.10 Å². The van der Waals surface area contributed by atoms with E-state index < -0.39 is 11.9 Å². The topological polar surface area (TPSA) is 95.1 Å². The highest BCUT2D eigenvalue weighted by Gasteiger charge is 2.17. The number of carbonyl (C=O) groups excluding carboxylic acids is 1. The largest absolute Gasteiger partial charge is 0.478 e. The van der Waals surface area contributed by atoms with Crippen LogP contribution in [-0.2, 0) is 0 Å². The molecule has 7 heteroatoms. The summed E-state index contributed by atoms with van der Waals surface area (Å²) in [5.41, 5.74) is 1.22. The fraction of sp³-hybridized carbons (Fsp3) is 0.0833. The Bertz CT molecular complexity index is 651. The smallest absolute Gasteiger partial charge is 0.337 e. The lowest BCUT2D eigenvalue weighted by Crippen LogP contribution is -2.15. The molecule has 19 heavy (non-hydrogen) atoms. The molecule has 0 radical (unpaired) electrons. The average Bonchev–Trinajstić information content (AvgIpc) is 2.77. The van der Waals surface area contributed by atoms with Crippen LogP contribution in [-0.4, -0.2) is 27.2 Å². The number of anilines is 1. The average molecular weight is 324 g/mol. The number of aromatic carboxylic acids is 1. The van der Waals surface area contributed by atoms with E-state index in [0.29, 0.717) is 15.7 Å². The fourth-order valence-electron chi connectivity index (χ4n) is 1.59. The summed E-state index contributed by atoms with van der Waals surface area (Å²) < 4.78 is 0.502. The molecule has 0 spiro atoms. The number of rotatable bonds is 3. The molecule has 0 atom stereocenters. The van der Waals surface area contributed by atoms with Gasteiger partial charge in [-0.3, -0.25) is 9.89 Å². The standard InChI is InChI=1S/C12H10BrN3O3/c1-6-8(5-14-16-6)11(17)15-10-7(12(18)19)3-2-4-9(10)13/h2-5H,1H3,(H,14,16)(H,15,17)(H,18,19). The molecule has 0 aliphatic heterocycles. The predicted octanol–water partition coefficient (Wildman–Crippen LogP) is 2.43. The van der Waals surface area contributed by atoms with Gasteiger partial charge in [0, 0.05) is 10.2 Å². The van der Waals surface area contributed by atoms with Crippen molar-refractivity contribution in [2.24, 2.45) is 0 Å². The Balaban J connectivity index is 2.36. The first-order valence-corrected chi connectivity index (χ1v) is 6.13. The van der Waals surface area contributed by atoms with Crippen LogP contribution in [0.25, 0.3) is 0 Å². The Morgan fingerprint density at radius 2 is 2.11 bits per heavy atom. The van der Waals surface area contributed by atoms with E-state index in [1.54, 1.807) is 19.1 Å². The number of nitrogens with zero attached hydrogens (tertiary/aromatic N) is 1. The molecular weight excluding hydrogens is 314 g/mol. The number of nitrogens with one attached hydrogen (secondary N) is 2. The Kier molecular flexibility index (Phi) is 3.66. The van der Waals surface area contributed by atoms with E-state index in [1.807, 2.05) is 0 Å². The summed E-state index contributed by atoms with van der Waals surface area (Å²) in [7, 11) is 0. The maximum Gasteiger partial charge on any atom is 0.337 e. The van der Waals surface area contributed by atoms with Crippen molar-refractivity contribution in [3.05, 3.63) is 45.7 Å². The number of aromatic nitrogens is 2. The number of hydrogen-bond acceptors (Lipinski definition) is 3. The number of carboxylic acid groups (broad SMARTS) is 1. The first kappa shape index (κ1) is 13.3. The van der Waals surface area contributed by atoms with E-state index in [0.717, 1.165) is 0 Å². The van der Waals surface area contributed by atoms with Gasteiger partial charge in [0.2, 0.25) is 0 Å². The maximum atomic E-state index is 12.0. The molecule has 0 unspecified atom stereocenters. The summed E-state index contributed by atoms with van der Waals surface area (Å²) in [5.74, 6) is -1.53. The number of carbonyl (C=O) groups is 2. The van der Waals surface area contributed by atoms with Gasteiger partial charge in [-0.05, 0) is 35.0 Å². The minimum atomic E-state index is -1.11. The molecule has 0 saturated carbocycles. The molecule has 98 valence electrons. The summed E-state index contributed by atoms with van der Waals surface area (Å²) in [5, 5.41) is 18.1. The van der Waals surface area contributed by atoms with Crippen molar-refractivity contribution in [3.63, 3.8) is 0 Å². The van der Waals surface area contributed by atoms with Crippen LogP contribution in [0.4, 0.5) is 5.69 Å². The number of halogens is 1. The summed E-state index contributed by atoms with van der Waals surface area (Å²) in [6.45, 7) is 1.71. The molecule has 0 saturated heterocycles. The van der Waals surface area contributed by atoms with Crippen LogP contribution in [0.3, 0.4) is 0 Å². The number of aromatic amines is 1. The van der Waals surface area contributed by atoms with Crippen molar-refractivity contribution in [2.75, 3.05) is 5.32 Å². The molecule has 1 aromatic carbocycles. The van der Waals surface area contributed by atoms with Crippen LogP contribution in [0.1, 0.15) is 26.4 Å². The number of hydrogen-bond donors (Lipinski definition) is 3. The number of benzene rings is 1. The normalized spacial score (nSPS) is 10.2. The number of aryl methyl sites for hydroxylation is 1. The van der Waals surface area contributed by atoms with Crippen molar-refractivity contribution in [1.82, 2.24) is 10.2 Å². The van der Waals surface area contributed by atoms with Gasteiger partial charge >= 0.3 is 5.97 Å². The van der Waals surface area contributed by atoms with Gasteiger partial charge in [0.1, 0.15) is 0 Å². The Morgan fingerprint density at radius 3 is 2.68 bits per heavy atom. The first-order chi connectivity index (χ1) is 9.00. The second-order valence-electron chi connectivity index (χ2n) is 3.83. The third-order valence-electron chi connectivity index (χ3n) is 2.56. The molecule has 1 amide bonds. The van der Waals surface area contributed by atoms with E-state index in [2.05, 4.69) is 31.4 Å². The third-order valence-corrected chi connectivity index (χ3v) is 3.22. The number of amides is 1. The zero-order valence-corrected chi connectivity index (χ0v) is 11.5. The lowest BCUT2D eigenvalue weighted by molar-refractivity contribution is 0.0698. The summed E-state index contributed by atoms with van der Waals surface area (Å²) in [6.07, 6.45) is 1.39. The Labute approximate surface area is 117 Å². The van der Waals surface area contributed by atoms with E-state index in [9.17, 15) is 9.59 Å². The minimum Gasteiger partial charge on any atom is -0.478 e. The number of carboxylic acids is 1. The van der Waals surface area contributed by atoms with Crippen molar-refractivity contribution in [2.45, 2.75) is 6.92 Å². The highest BCUT2D eigenvalue weighted by Crippen LogP contribution is 2.27. The number of H-pyrrole nitrogens is 1. The number of para-hydroxylation sites is 1. The van der Waals surface area contributed by atoms with Gasteiger partial charge in [-0.25, -0.2) is 4.79 Å². The van der Waals surface area contributed by atoms with Crippen molar-refractivity contribution < 1.29 is 14.7 Å². The SMILES string of the molecule is Cc1[nH]ncc1C(=O)Nc1c(Br)cccc1C(=O)O. The van der Waals surface area contributed by atoms with Crippen molar-refractivity contribution in [1.29, 1.82) is 0 Å². The van der Waals surface area contributed by atoms with Gasteiger partial charge in [0.15, 0.2) is 0 Å². The Hall–Kier alpha value is -2.15. The Morgan fingerprint density at radius 1 is 1.37 bits per heavy atom. The molecule has 0 fully saturated rings. The van der Waals surface area contributed by atoms with Crippen LogP contribution in [0.5, 0.6) is 0 Å². The molecule has 2 aromatic rings. The lowest BCUT2D eigenvalue weighted by atomic mass is 10.1. The van der Waals surface area contributed by atoms with Crippen LogP contribution in [0.15, 0.2) is 28.9 Å². The summed E-state index contributed by atoms with van der Waals surface area (Å²) in [6, 6.07) is 4.67. The molecule has 0 bridgehead atoms. The van der Waals surface area contributed by atoms with Gasteiger partial charge < -0.3 is 10.4 Å². The summed E-state index contributed by atoms with van der Waals surface area (Å²) in [4.78, 5) is 23.2. The molecule has 3 N–H and O–H groups in total. The van der Waals surface area contributed by atoms with Crippen LogP contribution >= 0.6 is 15.9 Å². The lowest BCUT2D eigenvalue weighted by Gasteiger charge is -2.10. The van der Waals surface area contributed by atoms with Crippen LogP contribution in [0.2, 0.25) is 0 Å². The monoisotopic (exact) mass is 323 g/mol. The van der Waals surface area contributed by atoms with Crippen LogP contribution in [0, 0.1) is 6.92 Å². The molecule has 1 aromatic heterocycles. The van der Waals surface area contributed by atoms with Crippen LogP contribution < -0.4 is 5.32 Å². The minimum absolute atomic E-state index is 0.0175. The van der Waals surface area contributed by atoms with Crippen molar-refractivity contribution >= 4 is 33.5 Å². The molecule has 6 nitrogen and oxygen atoms in total.